The normalized spacial score (nSPS) is 22.3. The molecule has 56 valence electrons. The van der Waals surface area contributed by atoms with Crippen LogP contribution < -0.4 is 5.32 Å². The molecule has 0 spiro atoms. The average Bonchev–Trinajstić information content (AvgIpc) is 2.34. The lowest BCUT2D eigenvalue weighted by molar-refractivity contribution is -0.141. The highest BCUT2D eigenvalue weighted by atomic mass is 16.5. The largest absolute Gasteiger partial charge is 0.464 e. The van der Waals surface area contributed by atoms with E-state index in [0.717, 1.165) is 6.42 Å². The summed E-state index contributed by atoms with van der Waals surface area (Å²) in [6, 6.07) is 0.295. The van der Waals surface area contributed by atoms with Crippen molar-refractivity contribution < 1.29 is 9.53 Å². The van der Waals surface area contributed by atoms with E-state index in [1.807, 2.05) is 12.3 Å². The fourth-order valence-electron chi connectivity index (χ4n) is 0.839. The second kappa shape index (κ2) is 3.25. The van der Waals surface area contributed by atoms with E-state index in [2.05, 4.69) is 5.32 Å². The molecule has 0 bridgehead atoms. The monoisotopic (exact) mass is 141 g/mol. The SMILES string of the molecule is CC(=O)OCC1CC=CN1. The maximum Gasteiger partial charge on any atom is 0.302 e. The molecule has 0 fully saturated rings. The fourth-order valence-corrected chi connectivity index (χ4v) is 0.839. The Balaban J connectivity index is 2.09. The van der Waals surface area contributed by atoms with Crippen LogP contribution in [0.25, 0.3) is 0 Å². The van der Waals surface area contributed by atoms with Gasteiger partial charge in [-0.15, -0.1) is 0 Å². The van der Waals surface area contributed by atoms with Crippen LogP contribution in [-0.4, -0.2) is 18.6 Å². The van der Waals surface area contributed by atoms with Crippen LogP contribution in [0, 0.1) is 0 Å². The van der Waals surface area contributed by atoms with E-state index in [9.17, 15) is 4.79 Å². The molecule has 1 rings (SSSR count). The lowest BCUT2D eigenvalue weighted by Crippen LogP contribution is -2.26. The van der Waals surface area contributed by atoms with Crippen LogP contribution in [0.2, 0.25) is 0 Å². The van der Waals surface area contributed by atoms with Crippen LogP contribution in [0.1, 0.15) is 13.3 Å². The fraction of sp³-hybridized carbons (Fsp3) is 0.571. The summed E-state index contributed by atoms with van der Waals surface area (Å²) in [7, 11) is 0. The molecule has 1 aliphatic heterocycles. The number of carbonyl (C=O) groups is 1. The third-order valence-electron chi connectivity index (χ3n) is 1.36. The maximum atomic E-state index is 10.3. The van der Waals surface area contributed by atoms with Gasteiger partial charge in [-0.05, 0) is 12.6 Å². The molecule has 0 aliphatic carbocycles. The maximum absolute atomic E-state index is 10.3. The van der Waals surface area contributed by atoms with Crippen LogP contribution >= 0.6 is 0 Å². The van der Waals surface area contributed by atoms with Crippen molar-refractivity contribution >= 4 is 5.97 Å². The van der Waals surface area contributed by atoms with Gasteiger partial charge in [0.2, 0.25) is 0 Å². The molecule has 1 unspecified atom stereocenters. The molecule has 0 amide bonds. The van der Waals surface area contributed by atoms with Gasteiger partial charge in [0.15, 0.2) is 0 Å². The van der Waals surface area contributed by atoms with Gasteiger partial charge in [0.25, 0.3) is 0 Å². The molecule has 0 aromatic carbocycles. The van der Waals surface area contributed by atoms with Gasteiger partial charge in [0.05, 0.1) is 6.04 Å². The van der Waals surface area contributed by atoms with Crippen molar-refractivity contribution in [1.29, 1.82) is 0 Å². The highest BCUT2D eigenvalue weighted by Gasteiger charge is 2.09. The lowest BCUT2D eigenvalue weighted by atomic mass is 10.3. The van der Waals surface area contributed by atoms with E-state index in [4.69, 9.17) is 4.74 Å². The highest BCUT2D eigenvalue weighted by molar-refractivity contribution is 5.65. The lowest BCUT2D eigenvalue weighted by Gasteiger charge is -2.09. The molecule has 0 radical (unpaired) electrons. The predicted octanol–water partition coefficient (Wildman–Crippen LogP) is 0.425. The van der Waals surface area contributed by atoms with Gasteiger partial charge >= 0.3 is 5.97 Å². The van der Waals surface area contributed by atoms with Crippen LogP contribution in [0.4, 0.5) is 0 Å². The van der Waals surface area contributed by atoms with Gasteiger partial charge < -0.3 is 10.1 Å². The smallest absolute Gasteiger partial charge is 0.302 e. The summed E-state index contributed by atoms with van der Waals surface area (Å²) < 4.78 is 4.78. The number of nitrogens with one attached hydrogen (secondary N) is 1. The Morgan fingerprint density at radius 2 is 2.70 bits per heavy atom. The molecular formula is C7H11NO2. The third kappa shape index (κ3) is 2.09. The van der Waals surface area contributed by atoms with Crippen molar-refractivity contribution in [2.75, 3.05) is 6.61 Å². The van der Waals surface area contributed by atoms with Crippen LogP contribution in [-0.2, 0) is 9.53 Å². The number of hydrogen-bond acceptors (Lipinski definition) is 3. The Morgan fingerprint density at radius 3 is 3.20 bits per heavy atom. The summed E-state index contributed by atoms with van der Waals surface area (Å²) in [4.78, 5) is 10.3. The molecule has 1 N–H and O–H groups in total. The van der Waals surface area contributed by atoms with E-state index in [-0.39, 0.29) is 5.97 Å². The standard InChI is InChI=1S/C7H11NO2/c1-6(9)10-5-7-3-2-4-8-7/h2,4,7-8H,3,5H2,1H3. The first-order valence-electron chi connectivity index (χ1n) is 3.33. The topological polar surface area (TPSA) is 38.3 Å². The molecule has 1 heterocycles. The highest BCUT2D eigenvalue weighted by Crippen LogP contribution is 2.00. The molecule has 10 heavy (non-hydrogen) atoms. The van der Waals surface area contributed by atoms with Crippen molar-refractivity contribution in [2.24, 2.45) is 0 Å². The van der Waals surface area contributed by atoms with Crippen molar-refractivity contribution in [1.82, 2.24) is 5.32 Å². The molecule has 0 aromatic rings. The number of carbonyl (C=O) groups excluding carboxylic acids is 1. The van der Waals surface area contributed by atoms with Gasteiger partial charge in [0.1, 0.15) is 6.61 Å². The molecular weight excluding hydrogens is 130 g/mol. The second-order valence-electron chi connectivity index (χ2n) is 2.30. The van der Waals surface area contributed by atoms with Crippen LogP contribution in [0.15, 0.2) is 12.3 Å². The number of esters is 1. The van der Waals surface area contributed by atoms with Crippen LogP contribution in [0.5, 0.6) is 0 Å². The molecule has 1 atom stereocenters. The zero-order chi connectivity index (χ0) is 7.40. The van der Waals surface area contributed by atoms with E-state index in [1.165, 1.54) is 6.92 Å². The van der Waals surface area contributed by atoms with Gasteiger partial charge in [-0.2, -0.15) is 0 Å². The first-order chi connectivity index (χ1) is 4.79. The van der Waals surface area contributed by atoms with E-state index < -0.39 is 0 Å². The Labute approximate surface area is 60.1 Å². The van der Waals surface area contributed by atoms with Gasteiger partial charge in [0, 0.05) is 6.92 Å². The minimum absolute atomic E-state index is 0.214. The van der Waals surface area contributed by atoms with Crippen molar-refractivity contribution in [2.45, 2.75) is 19.4 Å². The molecule has 1 aliphatic rings. The Kier molecular flexibility index (Phi) is 2.31. The third-order valence-corrected chi connectivity index (χ3v) is 1.36. The second-order valence-corrected chi connectivity index (χ2v) is 2.30. The minimum atomic E-state index is -0.214. The predicted molar refractivity (Wildman–Crippen MR) is 37.3 cm³/mol. The van der Waals surface area contributed by atoms with E-state index >= 15 is 0 Å². The van der Waals surface area contributed by atoms with Crippen molar-refractivity contribution in [3.63, 3.8) is 0 Å². The molecule has 3 heteroatoms. The molecule has 0 saturated heterocycles. The molecule has 0 saturated carbocycles. The zero-order valence-corrected chi connectivity index (χ0v) is 5.96. The summed E-state index contributed by atoms with van der Waals surface area (Å²) in [5.74, 6) is -0.214. The van der Waals surface area contributed by atoms with Crippen molar-refractivity contribution in [3.8, 4) is 0 Å². The summed E-state index contributed by atoms with van der Waals surface area (Å²) in [5, 5.41) is 3.05. The van der Waals surface area contributed by atoms with E-state index in [1.54, 1.807) is 0 Å². The summed E-state index contributed by atoms with van der Waals surface area (Å²) in [5.41, 5.74) is 0. The number of rotatable bonds is 2. The number of hydrogen-bond donors (Lipinski definition) is 1. The summed E-state index contributed by atoms with van der Waals surface area (Å²) >= 11 is 0. The molecule has 3 nitrogen and oxygen atoms in total. The first kappa shape index (κ1) is 7.12. The zero-order valence-electron chi connectivity index (χ0n) is 5.96. The first-order valence-corrected chi connectivity index (χ1v) is 3.33. The van der Waals surface area contributed by atoms with Crippen molar-refractivity contribution in [3.05, 3.63) is 12.3 Å². The van der Waals surface area contributed by atoms with Gasteiger partial charge in [-0.3, -0.25) is 4.79 Å². The van der Waals surface area contributed by atoms with Gasteiger partial charge in [-0.25, -0.2) is 0 Å². The summed E-state index contributed by atoms with van der Waals surface area (Å²) in [6.45, 7) is 1.89. The average molecular weight is 141 g/mol. The Morgan fingerprint density at radius 1 is 1.90 bits per heavy atom. The quantitative estimate of drug-likeness (QED) is 0.566. The summed E-state index contributed by atoms with van der Waals surface area (Å²) in [6.07, 6.45) is 4.86. The Hall–Kier alpha value is -0.990. The van der Waals surface area contributed by atoms with Gasteiger partial charge in [-0.1, -0.05) is 6.08 Å². The minimum Gasteiger partial charge on any atom is -0.464 e. The number of ether oxygens (including phenoxy) is 1. The Bertz CT molecular complexity index is 146. The van der Waals surface area contributed by atoms with Crippen LogP contribution in [0.3, 0.4) is 0 Å². The van der Waals surface area contributed by atoms with E-state index in [0.29, 0.717) is 12.6 Å². The molecule has 0 aromatic heterocycles.